The number of hydrogen-bond donors (Lipinski definition) is 0. The number of amides is 2. The van der Waals surface area contributed by atoms with E-state index in [0.29, 0.717) is 26.2 Å². The molecule has 1 aliphatic heterocycles. The zero-order valence-corrected chi connectivity index (χ0v) is 27.9. The largest absolute Gasteiger partial charge is 0.494 e. The number of benzene rings is 1. The van der Waals surface area contributed by atoms with Gasteiger partial charge in [-0.2, -0.15) is 5.10 Å². The van der Waals surface area contributed by atoms with Crippen molar-refractivity contribution < 1.29 is 14.3 Å². The summed E-state index contributed by atoms with van der Waals surface area (Å²) in [4.78, 5) is 43.2. The molecule has 3 heterocycles. The molecule has 11 nitrogen and oxygen atoms in total. The Hall–Kier alpha value is -3.15. The fourth-order valence-electron chi connectivity index (χ4n) is 6.26. The molecular weight excluding hydrogens is 603 g/mol. The summed E-state index contributed by atoms with van der Waals surface area (Å²) in [6, 6.07) is 8.28. The Bertz CT molecular complexity index is 1370. The second-order valence-corrected chi connectivity index (χ2v) is 11.7. The zero-order chi connectivity index (χ0) is 29.6. The van der Waals surface area contributed by atoms with Crippen LogP contribution in [0.1, 0.15) is 45.1 Å². The smallest absolute Gasteiger partial charge is 0.225 e. The van der Waals surface area contributed by atoms with Gasteiger partial charge in [0.1, 0.15) is 17.9 Å². The second kappa shape index (κ2) is 16.2. The standard InChI is InChI=1S/C31H44N8O3.2ClH/c1-5-42-27-8-6-7-24(19-27)21-39-30-28(20-34-39)29(32-22-33-30)36-14-16-37(17-15-36)31(41)25-9-11-26(12-10-25)38(23(2)40)18-13-35(3)4;;/h6-8,19-20,22,25-26H,5,9-18,21H2,1-4H3;2*1H/t25-,26-;;. The van der Waals surface area contributed by atoms with E-state index in [1.807, 2.05) is 59.9 Å². The predicted molar refractivity (Wildman–Crippen MR) is 177 cm³/mol. The van der Waals surface area contributed by atoms with Crippen molar-refractivity contribution in [2.45, 2.75) is 52.1 Å². The maximum absolute atomic E-state index is 13.4. The number of carbonyl (C=O) groups is 2. The lowest BCUT2D eigenvalue weighted by Gasteiger charge is -2.40. The molecule has 2 aliphatic rings. The average Bonchev–Trinajstić information content (AvgIpc) is 3.40. The average molecular weight is 650 g/mol. The summed E-state index contributed by atoms with van der Waals surface area (Å²) < 4.78 is 7.55. The van der Waals surface area contributed by atoms with Gasteiger partial charge in [-0.25, -0.2) is 14.6 Å². The van der Waals surface area contributed by atoms with E-state index < -0.39 is 0 Å². The highest BCUT2D eigenvalue weighted by Crippen LogP contribution is 2.30. The van der Waals surface area contributed by atoms with Crippen LogP contribution in [0, 0.1) is 5.92 Å². The summed E-state index contributed by atoms with van der Waals surface area (Å²) in [6.45, 7) is 9.22. The predicted octanol–water partition coefficient (Wildman–Crippen LogP) is 3.73. The summed E-state index contributed by atoms with van der Waals surface area (Å²) in [7, 11) is 4.05. The van der Waals surface area contributed by atoms with E-state index in [-0.39, 0.29) is 48.6 Å². The van der Waals surface area contributed by atoms with Crippen LogP contribution in [-0.2, 0) is 16.1 Å². The molecule has 5 rings (SSSR count). The topological polar surface area (TPSA) is 99.9 Å². The number of fused-ring (bicyclic) bond motifs is 1. The Morgan fingerprint density at radius 1 is 1.00 bits per heavy atom. The molecule has 1 aliphatic carbocycles. The molecule has 0 unspecified atom stereocenters. The Labute approximate surface area is 272 Å². The lowest BCUT2D eigenvalue weighted by molar-refractivity contribution is -0.138. The van der Waals surface area contributed by atoms with Crippen LogP contribution in [0.4, 0.5) is 5.82 Å². The fourth-order valence-corrected chi connectivity index (χ4v) is 6.26. The summed E-state index contributed by atoms with van der Waals surface area (Å²) in [5.41, 5.74) is 1.89. The van der Waals surface area contributed by atoms with Gasteiger partial charge < -0.3 is 24.3 Å². The number of hydrogen-bond acceptors (Lipinski definition) is 8. The van der Waals surface area contributed by atoms with E-state index in [1.54, 1.807) is 13.3 Å². The molecule has 242 valence electrons. The lowest BCUT2D eigenvalue weighted by Crippen LogP contribution is -2.51. The number of likely N-dealkylation sites (N-methyl/N-ethyl adjacent to an activating group) is 1. The molecule has 0 bridgehead atoms. The third kappa shape index (κ3) is 8.31. The number of carbonyl (C=O) groups excluding carboxylic acids is 2. The van der Waals surface area contributed by atoms with Crippen molar-refractivity contribution in [1.82, 2.24) is 34.4 Å². The Kier molecular flexibility index (Phi) is 13.0. The van der Waals surface area contributed by atoms with Crippen molar-refractivity contribution in [3.63, 3.8) is 0 Å². The molecule has 2 amide bonds. The SMILES string of the molecule is CCOc1cccc(Cn2ncc3c(N4CCN(C(=O)[C@H]5CC[C@H](N(CCN(C)C)C(C)=O)CC5)CC4)ncnc32)c1.Cl.Cl. The van der Waals surface area contributed by atoms with Crippen molar-refractivity contribution in [3.8, 4) is 5.75 Å². The first kappa shape index (κ1) is 35.3. The Morgan fingerprint density at radius 2 is 1.73 bits per heavy atom. The van der Waals surface area contributed by atoms with Gasteiger partial charge in [-0.3, -0.25) is 9.59 Å². The Morgan fingerprint density at radius 3 is 2.39 bits per heavy atom. The lowest BCUT2D eigenvalue weighted by atomic mass is 9.84. The van der Waals surface area contributed by atoms with Crippen molar-refractivity contribution in [2.24, 2.45) is 5.92 Å². The van der Waals surface area contributed by atoms with Crippen LogP contribution in [0.3, 0.4) is 0 Å². The van der Waals surface area contributed by atoms with Crippen molar-refractivity contribution >= 4 is 53.5 Å². The van der Waals surface area contributed by atoms with E-state index in [9.17, 15) is 9.59 Å². The molecule has 1 saturated carbocycles. The van der Waals surface area contributed by atoms with Gasteiger partial charge in [0.15, 0.2) is 5.65 Å². The number of piperazine rings is 1. The number of nitrogens with zero attached hydrogens (tertiary/aromatic N) is 8. The fraction of sp³-hybridized carbons (Fsp3) is 0.581. The molecule has 2 fully saturated rings. The quantitative estimate of drug-likeness (QED) is 0.328. The highest BCUT2D eigenvalue weighted by Gasteiger charge is 2.34. The highest BCUT2D eigenvalue weighted by atomic mass is 35.5. The van der Waals surface area contributed by atoms with Crippen LogP contribution in [0.25, 0.3) is 11.0 Å². The number of halogens is 2. The molecule has 2 aromatic heterocycles. The monoisotopic (exact) mass is 648 g/mol. The van der Waals surface area contributed by atoms with Gasteiger partial charge >= 0.3 is 0 Å². The van der Waals surface area contributed by atoms with E-state index in [4.69, 9.17) is 4.74 Å². The minimum atomic E-state index is 0. The van der Waals surface area contributed by atoms with Gasteiger partial charge in [-0.05, 0) is 64.4 Å². The molecule has 0 atom stereocenters. The van der Waals surface area contributed by atoms with Gasteiger partial charge in [-0.15, -0.1) is 24.8 Å². The van der Waals surface area contributed by atoms with Crippen LogP contribution < -0.4 is 9.64 Å². The number of rotatable bonds is 10. The minimum Gasteiger partial charge on any atom is -0.494 e. The van der Waals surface area contributed by atoms with Crippen molar-refractivity contribution in [3.05, 3.63) is 42.4 Å². The third-order valence-corrected chi connectivity index (χ3v) is 8.52. The summed E-state index contributed by atoms with van der Waals surface area (Å²) in [5, 5.41) is 5.55. The highest BCUT2D eigenvalue weighted by molar-refractivity contribution is 5.87. The van der Waals surface area contributed by atoms with Crippen LogP contribution >= 0.6 is 24.8 Å². The second-order valence-electron chi connectivity index (χ2n) is 11.7. The number of anilines is 1. The van der Waals surface area contributed by atoms with E-state index in [0.717, 1.165) is 80.0 Å². The van der Waals surface area contributed by atoms with Gasteiger partial charge in [-0.1, -0.05) is 12.1 Å². The van der Waals surface area contributed by atoms with Gasteiger partial charge in [0, 0.05) is 58.2 Å². The summed E-state index contributed by atoms with van der Waals surface area (Å²) in [5.74, 6) is 2.14. The molecular formula is C31H46Cl2N8O3. The van der Waals surface area contributed by atoms with Crippen LogP contribution in [0.5, 0.6) is 5.75 Å². The molecule has 44 heavy (non-hydrogen) atoms. The molecule has 0 radical (unpaired) electrons. The summed E-state index contributed by atoms with van der Waals surface area (Å²) >= 11 is 0. The first-order chi connectivity index (χ1) is 20.3. The minimum absolute atomic E-state index is 0. The van der Waals surface area contributed by atoms with E-state index in [2.05, 4.69) is 30.9 Å². The summed E-state index contributed by atoms with van der Waals surface area (Å²) in [6.07, 6.45) is 6.91. The van der Waals surface area contributed by atoms with Gasteiger partial charge in [0.2, 0.25) is 11.8 Å². The molecule has 1 aromatic carbocycles. The van der Waals surface area contributed by atoms with Gasteiger partial charge in [0.25, 0.3) is 0 Å². The molecule has 0 N–H and O–H groups in total. The van der Waals surface area contributed by atoms with Crippen molar-refractivity contribution in [2.75, 3.05) is 64.9 Å². The van der Waals surface area contributed by atoms with E-state index >= 15 is 0 Å². The van der Waals surface area contributed by atoms with Crippen LogP contribution in [0.2, 0.25) is 0 Å². The number of ether oxygens (including phenoxy) is 1. The maximum atomic E-state index is 13.4. The normalized spacial score (nSPS) is 18.5. The Balaban J connectivity index is 0.00000264. The molecule has 3 aromatic rings. The first-order valence-electron chi connectivity index (χ1n) is 15.2. The van der Waals surface area contributed by atoms with Crippen molar-refractivity contribution in [1.29, 1.82) is 0 Å². The third-order valence-electron chi connectivity index (χ3n) is 8.52. The van der Waals surface area contributed by atoms with Crippen LogP contribution in [0.15, 0.2) is 36.8 Å². The van der Waals surface area contributed by atoms with Crippen LogP contribution in [-0.4, -0.2) is 112 Å². The molecule has 0 spiro atoms. The molecule has 1 saturated heterocycles. The van der Waals surface area contributed by atoms with E-state index in [1.165, 1.54) is 0 Å². The maximum Gasteiger partial charge on any atom is 0.225 e. The molecule has 13 heteroatoms. The number of aromatic nitrogens is 4. The zero-order valence-electron chi connectivity index (χ0n) is 26.2. The van der Waals surface area contributed by atoms with Gasteiger partial charge in [0.05, 0.1) is 24.7 Å². The first-order valence-corrected chi connectivity index (χ1v) is 15.2.